The van der Waals surface area contributed by atoms with Crippen molar-refractivity contribution in [3.63, 3.8) is 0 Å². The van der Waals surface area contributed by atoms with Crippen molar-refractivity contribution in [3.05, 3.63) is 29.8 Å². The molecule has 1 aromatic rings. The number of thioether (sulfide) groups is 1. The van der Waals surface area contributed by atoms with E-state index in [0.717, 1.165) is 17.7 Å². The van der Waals surface area contributed by atoms with Gasteiger partial charge in [-0.25, -0.2) is 4.79 Å². The quantitative estimate of drug-likeness (QED) is 0.818. The van der Waals surface area contributed by atoms with Gasteiger partial charge in [-0.2, -0.15) is 0 Å². The Morgan fingerprint density at radius 2 is 2.27 bits per heavy atom. The van der Waals surface area contributed by atoms with Gasteiger partial charge in [-0.05, 0) is 36.3 Å². The summed E-state index contributed by atoms with van der Waals surface area (Å²) in [5.74, 6) is -0.245. The number of carbonyl (C=O) groups is 2. The van der Waals surface area contributed by atoms with Crippen molar-refractivity contribution in [1.29, 1.82) is 0 Å². The summed E-state index contributed by atoms with van der Waals surface area (Å²) in [7, 11) is 0. The second-order valence-corrected chi connectivity index (χ2v) is 6.70. The number of aliphatic carboxylic acids is 1. The van der Waals surface area contributed by atoms with Gasteiger partial charge in [0.15, 0.2) is 0 Å². The van der Waals surface area contributed by atoms with Crippen molar-refractivity contribution in [2.24, 2.45) is 5.92 Å². The van der Waals surface area contributed by atoms with Crippen LogP contribution in [0, 0.1) is 5.92 Å². The average molecular weight is 322 g/mol. The molecule has 0 aromatic heterocycles. The summed E-state index contributed by atoms with van der Waals surface area (Å²) < 4.78 is 0. The molecule has 1 aliphatic rings. The molecule has 22 heavy (non-hydrogen) atoms. The summed E-state index contributed by atoms with van der Waals surface area (Å²) in [5, 5.41) is 11.9. The third kappa shape index (κ3) is 4.66. The smallest absolute Gasteiger partial charge is 0.317 e. The number of carboxylic acids is 1. The molecule has 0 spiro atoms. The SMILES string of the molecule is CCSc1cccc(CNC(=O)N2CCCC(C(=O)O)C2)c1. The monoisotopic (exact) mass is 322 g/mol. The molecule has 1 aromatic carbocycles. The van der Waals surface area contributed by atoms with Crippen LogP contribution in [-0.2, 0) is 11.3 Å². The van der Waals surface area contributed by atoms with Crippen molar-refractivity contribution in [3.8, 4) is 0 Å². The van der Waals surface area contributed by atoms with Crippen molar-refractivity contribution < 1.29 is 14.7 Å². The molecule has 2 N–H and O–H groups in total. The Hall–Kier alpha value is -1.69. The summed E-state index contributed by atoms with van der Waals surface area (Å²) in [4.78, 5) is 26.0. The lowest BCUT2D eigenvalue weighted by atomic mass is 9.99. The van der Waals surface area contributed by atoms with Crippen LogP contribution in [0.25, 0.3) is 0 Å². The average Bonchev–Trinajstić information content (AvgIpc) is 2.53. The van der Waals surface area contributed by atoms with E-state index in [1.165, 1.54) is 4.90 Å². The highest BCUT2D eigenvalue weighted by molar-refractivity contribution is 7.99. The second-order valence-electron chi connectivity index (χ2n) is 5.36. The predicted molar refractivity (Wildman–Crippen MR) is 87.0 cm³/mol. The normalized spacial score (nSPS) is 18.0. The number of urea groups is 1. The maximum atomic E-state index is 12.2. The van der Waals surface area contributed by atoms with Gasteiger partial charge >= 0.3 is 12.0 Å². The van der Waals surface area contributed by atoms with E-state index in [4.69, 9.17) is 5.11 Å². The minimum atomic E-state index is -0.818. The maximum absolute atomic E-state index is 12.2. The number of likely N-dealkylation sites (tertiary alicyclic amines) is 1. The van der Waals surface area contributed by atoms with E-state index in [2.05, 4.69) is 24.4 Å². The predicted octanol–water partition coefficient (Wildman–Crippen LogP) is 2.80. The van der Waals surface area contributed by atoms with Crippen LogP contribution in [0.1, 0.15) is 25.3 Å². The zero-order valence-electron chi connectivity index (χ0n) is 12.7. The molecule has 0 radical (unpaired) electrons. The highest BCUT2D eigenvalue weighted by Crippen LogP contribution is 2.19. The van der Waals surface area contributed by atoms with Gasteiger partial charge in [-0.15, -0.1) is 11.8 Å². The molecule has 1 saturated heterocycles. The lowest BCUT2D eigenvalue weighted by Crippen LogP contribution is -2.46. The lowest BCUT2D eigenvalue weighted by Gasteiger charge is -2.30. The van der Waals surface area contributed by atoms with Crippen molar-refractivity contribution >= 4 is 23.8 Å². The number of nitrogens with one attached hydrogen (secondary N) is 1. The van der Waals surface area contributed by atoms with Crippen molar-refractivity contribution in [2.75, 3.05) is 18.8 Å². The molecular weight excluding hydrogens is 300 g/mol. The first-order valence-electron chi connectivity index (χ1n) is 7.57. The summed E-state index contributed by atoms with van der Waals surface area (Å²) >= 11 is 1.77. The van der Waals surface area contributed by atoms with E-state index in [1.54, 1.807) is 16.7 Å². The topological polar surface area (TPSA) is 69.6 Å². The van der Waals surface area contributed by atoms with Gasteiger partial charge in [-0.1, -0.05) is 19.1 Å². The molecule has 120 valence electrons. The van der Waals surface area contributed by atoms with Gasteiger partial charge < -0.3 is 15.3 Å². The van der Waals surface area contributed by atoms with E-state index in [0.29, 0.717) is 26.1 Å². The van der Waals surface area contributed by atoms with Crippen LogP contribution in [-0.4, -0.2) is 40.8 Å². The van der Waals surface area contributed by atoms with E-state index in [1.807, 2.05) is 12.1 Å². The standard InChI is InChI=1S/C16H22N2O3S/c1-2-22-14-7-3-5-12(9-14)10-17-16(21)18-8-4-6-13(11-18)15(19)20/h3,5,7,9,13H,2,4,6,8,10-11H2,1H3,(H,17,21)(H,19,20). The van der Waals surface area contributed by atoms with Gasteiger partial charge in [0.05, 0.1) is 5.92 Å². The molecule has 1 heterocycles. The van der Waals surface area contributed by atoms with Gasteiger partial charge in [0, 0.05) is 24.5 Å². The van der Waals surface area contributed by atoms with E-state index >= 15 is 0 Å². The number of carboxylic acid groups (broad SMARTS) is 1. The van der Waals surface area contributed by atoms with E-state index in [9.17, 15) is 9.59 Å². The molecule has 2 amide bonds. The molecule has 5 nitrogen and oxygen atoms in total. The fourth-order valence-electron chi connectivity index (χ4n) is 2.56. The summed E-state index contributed by atoms with van der Waals surface area (Å²) in [5.41, 5.74) is 1.05. The van der Waals surface area contributed by atoms with Crippen LogP contribution in [0.3, 0.4) is 0 Å². The van der Waals surface area contributed by atoms with Gasteiger partial charge in [0.2, 0.25) is 0 Å². The molecule has 2 rings (SSSR count). The Bertz CT molecular complexity index is 536. The Balaban J connectivity index is 1.87. The van der Waals surface area contributed by atoms with Crippen LogP contribution < -0.4 is 5.32 Å². The molecule has 0 bridgehead atoms. The Labute approximate surface area is 135 Å². The first-order valence-corrected chi connectivity index (χ1v) is 8.56. The van der Waals surface area contributed by atoms with Gasteiger partial charge in [-0.3, -0.25) is 4.79 Å². The third-order valence-electron chi connectivity index (χ3n) is 3.71. The third-order valence-corrected chi connectivity index (χ3v) is 4.59. The number of benzene rings is 1. The molecule has 0 aliphatic carbocycles. The molecule has 1 atom stereocenters. The number of amides is 2. The fourth-order valence-corrected chi connectivity index (χ4v) is 3.31. The number of rotatable bonds is 5. The number of carbonyl (C=O) groups excluding carboxylic acids is 1. The minimum Gasteiger partial charge on any atom is -0.481 e. The molecular formula is C16H22N2O3S. The largest absolute Gasteiger partial charge is 0.481 e. The fraction of sp³-hybridized carbons (Fsp3) is 0.500. The molecule has 1 fully saturated rings. The van der Waals surface area contributed by atoms with Crippen molar-refractivity contribution in [2.45, 2.75) is 31.2 Å². The number of nitrogens with zero attached hydrogens (tertiary/aromatic N) is 1. The molecule has 1 aliphatic heterocycles. The molecule has 0 saturated carbocycles. The highest BCUT2D eigenvalue weighted by atomic mass is 32.2. The lowest BCUT2D eigenvalue weighted by molar-refractivity contribution is -0.143. The van der Waals surface area contributed by atoms with Crippen LogP contribution in [0.4, 0.5) is 4.79 Å². The van der Waals surface area contributed by atoms with Crippen LogP contribution in [0.2, 0.25) is 0 Å². The zero-order chi connectivity index (χ0) is 15.9. The summed E-state index contributed by atoms with van der Waals surface area (Å²) in [6.45, 7) is 3.49. The number of hydrogen-bond donors (Lipinski definition) is 2. The van der Waals surface area contributed by atoms with Crippen LogP contribution in [0.15, 0.2) is 29.2 Å². The van der Waals surface area contributed by atoms with Crippen LogP contribution >= 0.6 is 11.8 Å². The Kier molecular flexibility index (Phi) is 6.12. The second kappa shape index (κ2) is 8.08. The zero-order valence-corrected chi connectivity index (χ0v) is 13.6. The number of hydrogen-bond acceptors (Lipinski definition) is 3. The molecule has 1 unspecified atom stereocenters. The minimum absolute atomic E-state index is 0.181. The first-order chi connectivity index (χ1) is 10.6. The van der Waals surface area contributed by atoms with Crippen molar-refractivity contribution in [1.82, 2.24) is 10.2 Å². The molecule has 6 heteroatoms. The van der Waals surface area contributed by atoms with Crippen LogP contribution in [0.5, 0.6) is 0 Å². The van der Waals surface area contributed by atoms with Gasteiger partial charge in [0.25, 0.3) is 0 Å². The van der Waals surface area contributed by atoms with E-state index in [-0.39, 0.29) is 6.03 Å². The Morgan fingerprint density at radius 3 is 3.00 bits per heavy atom. The summed E-state index contributed by atoms with van der Waals surface area (Å²) in [6.07, 6.45) is 1.39. The van der Waals surface area contributed by atoms with Gasteiger partial charge in [0.1, 0.15) is 0 Å². The number of piperidine rings is 1. The summed E-state index contributed by atoms with van der Waals surface area (Å²) in [6, 6.07) is 7.92. The highest BCUT2D eigenvalue weighted by Gasteiger charge is 2.27. The van der Waals surface area contributed by atoms with E-state index < -0.39 is 11.9 Å². The first kappa shape index (κ1) is 16.7. The Morgan fingerprint density at radius 1 is 1.45 bits per heavy atom. The maximum Gasteiger partial charge on any atom is 0.317 e.